The topological polar surface area (TPSA) is 21.3 Å². The van der Waals surface area contributed by atoms with Gasteiger partial charge in [-0.05, 0) is 36.7 Å². The van der Waals surface area contributed by atoms with Gasteiger partial charge in [-0.15, -0.1) is 0 Å². The maximum Gasteiger partial charge on any atom is 0.122 e. The van der Waals surface area contributed by atoms with E-state index in [1.807, 2.05) is 0 Å². The standard InChI is InChI=1S/C17H23NO/c1-2-6-14(5-1)17(11-18-12-17)9-13-10-19-16-8-4-3-7-15(13)16/h3-4,7-8,13-14,18H,1-2,5-6,9-12H2. The highest BCUT2D eigenvalue weighted by Gasteiger charge is 2.47. The molecular weight excluding hydrogens is 234 g/mol. The third-order valence-electron chi connectivity index (χ3n) is 5.63. The van der Waals surface area contributed by atoms with Gasteiger partial charge in [0, 0.05) is 24.6 Å². The monoisotopic (exact) mass is 257 g/mol. The molecule has 0 aromatic heterocycles. The molecule has 1 aromatic rings. The van der Waals surface area contributed by atoms with Gasteiger partial charge in [-0.25, -0.2) is 0 Å². The smallest absolute Gasteiger partial charge is 0.122 e. The fourth-order valence-corrected chi connectivity index (χ4v) is 4.47. The highest BCUT2D eigenvalue weighted by atomic mass is 16.5. The first-order valence-electron chi connectivity index (χ1n) is 7.80. The molecule has 0 radical (unpaired) electrons. The van der Waals surface area contributed by atoms with Crippen LogP contribution in [0.4, 0.5) is 0 Å². The molecule has 1 N–H and O–H groups in total. The highest BCUT2D eigenvalue weighted by molar-refractivity contribution is 5.39. The van der Waals surface area contributed by atoms with Crippen LogP contribution in [0.2, 0.25) is 0 Å². The van der Waals surface area contributed by atoms with Crippen LogP contribution in [0.5, 0.6) is 5.75 Å². The quantitative estimate of drug-likeness (QED) is 0.896. The zero-order valence-corrected chi connectivity index (χ0v) is 11.5. The molecule has 0 amide bonds. The second-order valence-corrected chi connectivity index (χ2v) is 6.70. The third-order valence-corrected chi connectivity index (χ3v) is 5.63. The van der Waals surface area contributed by atoms with Gasteiger partial charge in [0.15, 0.2) is 0 Å². The van der Waals surface area contributed by atoms with Crippen LogP contribution in [0.25, 0.3) is 0 Å². The fourth-order valence-electron chi connectivity index (χ4n) is 4.47. The fraction of sp³-hybridized carbons (Fsp3) is 0.647. The Morgan fingerprint density at radius 2 is 1.95 bits per heavy atom. The molecule has 4 rings (SSSR count). The van der Waals surface area contributed by atoms with Crippen LogP contribution in [0.1, 0.15) is 43.6 Å². The Morgan fingerprint density at radius 3 is 2.68 bits per heavy atom. The molecule has 2 fully saturated rings. The van der Waals surface area contributed by atoms with Crippen LogP contribution in [0.15, 0.2) is 24.3 Å². The lowest BCUT2D eigenvalue weighted by atomic mass is 9.64. The number of nitrogens with one attached hydrogen (secondary N) is 1. The zero-order chi connectivity index (χ0) is 12.7. The van der Waals surface area contributed by atoms with Crippen molar-refractivity contribution in [1.82, 2.24) is 5.32 Å². The average Bonchev–Trinajstić information content (AvgIpc) is 3.04. The van der Waals surface area contributed by atoms with Gasteiger partial charge in [-0.1, -0.05) is 31.0 Å². The minimum Gasteiger partial charge on any atom is -0.493 e. The molecular formula is C17H23NO. The molecule has 1 saturated carbocycles. The van der Waals surface area contributed by atoms with E-state index in [2.05, 4.69) is 29.6 Å². The first-order valence-corrected chi connectivity index (χ1v) is 7.80. The summed E-state index contributed by atoms with van der Waals surface area (Å²) < 4.78 is 5.87. The summed E-state index contributed by atoms with van der Waals surface area (Å²) in [6, 6.07) is 8.62. The minimum atomic E-state index is 0.571. The molecule has 2 nitrogen and oxygen atoms in total. The molecule has 1 saturated heterocycles. The number of fused-ring (bicyclic) bond motifs is 1. The van der Waals surface area contributed by atoms with Crippen LogP contribution < -0.4 is 10.1 Å². The average molecular weight is 257 g/mol. The van der Waals surface area contributed by atoms with Crippen molar-refractivity contribution in [2.45, 2.75) is 38.0 Å². The largest absolute Gasteiger partial charge is 0.493 e. The maximum absolute atomic E-state index is 5.87. The molecule has 1 aliphatic carbocycles. The van der Waals surface area contributed by atoms with Crippen LogP contribution in [0, 0.1) is 11.3 Å². The molecule has 3 aliphatic rings. The predicted octanol–water partition coefficient (Wildman–Crippen LogP) is 3.33. The molecule has 1 unspecified atom stereocenters. The van der Waals surface area contributed by atoms with Gasteiger partial charge in [0.05, 0.1) is 6.61 Å². The second kappa shape index (κ2) is 4.52. The lowest BCUT2D eigenvalue weighted by molar-refractivity contribution is 0.0578. The van der Waals surface area contributed by atoms with Gasteiger partial charge in [0.1, 0.15) is 5.75 Å². The maximum atomic E-state index is 5.87. The molecule has 0 spiro atoms. The van der Waals surface area contributed by atoms with Crippen molar-refractivity contribution in [3.05, 3.63) is 29.8 Å². The molecule has 0 bridgehead atoms. The van der Waals surface area contributed by atoms with Crippen molar-refractivity contribution in [3.8, 4) is 5.75 Å². The summed E-state index contributed by atoms with van der Waals surface area (Å²) in [5, 5.41) is 3.54. The number of hydrogen-bond donors (Lipinski definition) is 1. The number of ether oxygens (including phenoxy) is 1. The number of benzene rings is 1. The van der Waals surface area contributed by atoms with Gasteiger partial charge < -0.3 is 10.1 Å². The van der Waals surface area contributed by atoms with Gasteiger partial charge >= 0.3 is 0 Å². The van der Waals surface area contributed by atoms with Gasteiger partial charge in [0.25, 0.3) is 0 Å². The van der Waals surface area contributed by atoms with Crippen molar-refractivity contribution >= 4 is 0 Å². The molecule has 1 aromatic carbocycles. The van der Waals surface area contributed by atoms with Gasteiger partial charge in [-0.2, -0.15) is 0 Å². The van der Waals surface area contributed by atoms with Crippen molar-refractivity contribution in [3.63, 3.8) is 0 Å². The Labute approximate surface area is 115 Å². The lowest BCUT2D eigenvalue weighted by Gasteiger charge is -2.49. The van der Waals surface area contributed by atoms with Gasteiger partial charge in [-0.3, -0.25) is 0 Å². The first kappa shape index (κ1) is 11.8. The van der Waals surface area contributed by atoms with E-state index in [1.54, 1.807) is 0 Å². The summed E-state index contributed by atoms with van der Waals surface area (Å²) in [7, 11) is 0. The summed E-state index contributed by atoms with van der Waals surface area (Å²) >= 11 is 0. The molecule has 1 atom stereocenters. The van der Waals surface area contributed by atoms with E-state index in [4.69, 9.17) is 4.74 Å². The third kappa shape index (κ3) is 1.88. The molecule has 2 heteroatoms. The van der Waals surface area contributed by atoms with Crippen LogP contribution in [-0.4, -0.2) is 19.7 Å². The number of para-hydroxylation sites is 1. The Kier molecular flexibility index (Phi) is 2.80. The zero-order valence-electron chi connectivity index (χ0n) is 11.5. The summed E-state index contributed by atoms with van der Waals surface area (Å²) in [5.41, 5.74) is 2.02. The van der Waals surface area contributed by atoms with Crippen molar-refractivity contribution in [2.24, 2.45) is 11.3 Å². The van der Waals surface area contributed by atoms with E-state index < -0.39 is 0 Å². The van der Waals surface area contributed by atoms with E-state index in [1.165, 1.54) is 50.8 Å². The summed E-state index contributed by atoms with van der Waals surface area (Å²) in [4.78, 5) is 0. The minimum absolute atomic E-state index is 0.571. The normalized spacial score (nSPS) is 28.7. The predicted molar refractivity (Wildman–Crippen MR) is 76.6 cm³/mol. The van der Waals surface area contributed by atoms with Crippen molar-refractivity contribution < 1.29 is 4.74 Å². The first-order chi connectivity index (χ1) is 9.37. The summed E-state index contributed by atoms with van der Waals surface area (Å²) in [5.74, 6) is 2.71. The Balaban J connectivity index is 1.54. The van der Waals surface area contributed by atoms with E-state index >= 15 is 0 Å². The van der Waals surface area contributed by atoms with Crippen LogP contribution >= 0.6 is 0 Å². The van der Waals surface area contributed by atoms with E-state index in [9.17, 15) is 0 Å². The number of rotatable bonds is 3. The Hall–Kier alpha value is -1.02. The second-order valence-electron chi connectivity index (χ2n) is 6.70. The Morgan fingerprint density at radius 1 is 1.16 bits per heavy atom. The van der Waals surface area contributed by atoms with E-state index in [0.29, 0.717) is 11.3 Å². The van der Waals surface area contributed by atoms with Crippen molar-refractivity contribution in [2.75, 3.05) is 19.7 Å². The molecule has 19 heavy (non-hydrogen) atoms. The van der Waals surface area contributed by atoms with Crippen LogP contribution in [0.3, 0.4) is 0 Å². The molecule has 2 aliphatic heterocycles. The number of hydrogen-bond acceptors (Lipinski definition) is 2. The highest BCUT2D eigenvalue weighted by Crippen LogP contribution is 2.50. The van der Waals surface area contributed by atoms with E-state index in [-0.39, 0.29) is 0 Å². The van der Waals surface area contributed by atoms with E-state index in [0.717, 1.165) is 18.3 Å². The summed E-state index contributed by atoms with van der Waals surface area (Å²) in [6.45, 7) is 3.36. The summed E-state index contributed by atoms with van der Waals surface area (Å²) in [6.07, 6.45) is 7.13. The molecule has 2 heterocycles. The van der Waals surface area contributed by atoms with Gasteiger partial charge in [0.2, 0.25) is 0 Å². The van der Waals surface area contributed by atoms with Crippen LogP contribution in [-0.2, 0) is 0 Å². The van der Waals surface area contributed by atoms with Crippen molar-refractivity contribution in [1.29, 1.82) is 0 Å². The SMILES string of the molecule is c1ccc2c(c1)OCC2CC1(C2CCCC2)CNC1. The molecule has 102 valence electrons. The Bertz CT molecular complexity index is 460. The lowest BCUT2D eigenvalue weighted by Crippen LogP contribution is -2.57.